The normalized spacial score (nSPS) is 10.8. The molecule has 0 radical (unpaired) electrons. The molecule has 84 valence electrons. The first-order chi connectivity index (χ1) is 7.58. The summed E-state index contributed by atoms with van der Waals surface area (Å²) in [6.07, 6.45) is 1.70. The van der Waals surface area contributed by atoms with E-state index in [1.54, 1.807) is 11.7 Å². The van der Waals surface area contributed by atoms with Gasteiger partial charge in [0.05, 0.1) is 0 Å². The molecule has 2 rings (SSSR count). The van der Waals surface area contributed by atoms with Gasteiger partial charge in [-0.25, -0.2) is 13.8 Å². The first kappa shape index (κ1) is 11.0. The van der Waals surface area contributed by atoms with Crippen molar-refractivity contribution in [1.29, 1.82) is 0 Å². The van der Waals surface area contributed by atoms with Gasteiger partial charge in [-0.05, 0) is 17.7 Å². The van der Waals surface area contributed by atoms with Gasteiger partial charge in [0, 0.05) is 18.5 Å². The highest BCUT2D eigenvalue weighted by Crippen LogP contribution is 2.21. The van der Waals surface area contributed by atoms with Crippen LogP contribution in [0.1, 0.15) is 11.4 Å². The zero-order chi connectivity index (χ0) is 11.7. The predicted octanol–water partition coefficient (Wildman–Crippen LogP) is 2.34. The Bertz CT molecular complexity index is 525. The van der Waals surface area contributed by atoms with E-state index in [-0.39, 0.29) is 5.02 Å². The van der Waals surface area contributed by atoms with Crippen LogP contribution < -0.4 is 0 Å². The Morgan fingerprint density at radius 2 is 2.00 bits per heavy atom. The minimum atomic E-state index is -0.952. The van der Waals surface area contributed by atoms with Gasteiger partial charge in [0.15, 0.2) is 11.6 Å². The molecule has 0 aliphatic heterocycles. The minimum Gasteiger partial charge on any atom is -0.253 e. The van der Waals surface area contributed by atoms with Crippen LogP contribution in [0.4, 0.5) is 8.78 Å². The molecular formula is C10H8ClF2N3. The van der Waals surface area contributed by atoms with E-state index in [1.165, 1.54) is 6.33 Å². The van der Waals surface area contributed by atoms with E-state index >= 15 is 0 Å². The molecule has 3 nitrogen and oxygen atoms in total. The van der Waals surface area contributed by atoms with Crippen molar-refractivity contribution in [2.24, 2.45) is 7.05 Å². The lowest BCUT2D eigenvalue weighted by atomic mass is 10.1. The SMILES string of the molecule is Cn1ncnc1Cc1cc(F)c(F)cc1Cl. The Kier molecular flexibility index (Phi) is 2.87. The van der Waals surface area contributed by atoms with Crippen LogP contribution in [0.5, 0.6) is 0 Å². The molecule has 0 unspecified atom stereocenters. The molecule has 0 saturated heterocycles. The second-order valence-corrected chi connectivity index (χ2v) is 3.74. The van der Waals surface area contributed by atoms with E-state index in [9.17, 15) is 8.78 Å². The van der Waals surface area contributed by atoms with Crippen molar-refractivity contribution in [3.05, 3.63) is 46.5 Å². The molecule has 0 saturated carbocycles. The van der Waals surface area contributed by atoms with Gasteiger partial charge in [0.25, 0.3) is 0 Å². The van der Waals surface area contributed by atoms with E-state index in [0.717, 1.165) is 12.1 Å². The van der Waals surface area contributed by atoms with Gasteiger partial charge in [-0.2, -0.15) is 5.10 Å². The molecule has 0 fully saturated rings. The monoisotopic (exact) mass is 243 g/mol. The standard InChI is InChI=1S/C10H8ClF2N3/c1-16-10(14-5-15-16)3-6-2-8(12)9(13)4-7(6)11/h2,4-5H,3H2,1H3. The average molecular weight is 244 g/mol. The summed E-state index contributed by atoms with van der Waals surface area (Å²) in [5, 5.41) is 4.06. The van der Waals surface area contributed by atoms with Crippen LogP contribution in [0.25, 0.3) is 0 Å². The molecule has 1 aromatic heterocycles. The van der Waals surface area contributed by atoms with Gasteiger partial charge in [-0.1, -0.05) is 11.6 Å². The van der Waals surface area contributed by atoms with Crippen LogP contribution in [0.15, 0.2) is 18.5 Å². The van der Waals surface area contributed by atoms with Crippen molar-refractivity contribution < 1.29 is 8.78 Å². The number of nitrogens with zero attached hydrogens (tertiary/aromatic N) is 3. The van der Waals surface area contributed by atoms with Gasteiger partial charge in [0.2, 0.25) is 0 Å². The highest BCUT2D eigenvalue weighted by molar-refractivity contribution is 6.31. The lowest BCUT2D eigenvalue weighted by Gasteiger charge is -2.04. The topological polar surface area (TPSA) is 30.7 Å². The summed E-state index contributed by atoms with van der Waals surface area (Å²) in [5.41, 5.74) is 0.483. The van der Waals surface area contributed by atoms with E-state index in [0.29, 0.717) is 17.8 Å². The Hall–Kier alpha value is -1.49. The minimum absolute atomic E-state index is 0.182. The van der Waals surface area contributed by atoms with Crippen molar-refractivity contribution in [1.82, 2.24) is 14.8 Å². The highest BCUT2D eigenvalue weighted by atomic mass is 35.5. The maximum atomic E-state index is 13.0. The Morgan fingerprint density at radius 3 is 2.62 bits per heavy atom. The molecule has 0 amide bonds. The molecule has 2 aromatic rings. The second kappa shape index (κ2) is 4.17. The number of hydrogen-bond acceptors (Lipinski definition) is 2. The fourth-order valence-electron chi connectivity index (χ4n) is 1.35. The summed E-state index contributed by atoms with van der Waals surface area (Å²) < 4.78 is 27.4. The quantitative estimate of drug-likeness (QED) is 0.758. The number of halogens is 3. The maximum absolute atomic E-state index is 13.0. The third-order valence-electron chi connectivity index (χ3n) is 2.24. The zero-order valence-corrected chi connectivity index (χ0v) is 9.17. The van der Waals surface area contributed by atoms with Crippen molar-refractivity contribution in [2.75, 3.05) is 0 Å². The maximum Gasteiger partial charge on any atom is 0.160 e. The molecule has 0 aliphatic carbocycles. The lowest BCUT2D eigenvalue weighted by molar-refractivity contribution is 0.507. The third kappa shape index (κ3) is 2.04. The first-order valence-corrected chi connectivity index (χ1v) is 4.92. The van der Waals surface area contributed by atoms with Crippen LogP contribution in [0.3, 0.4) is 0 Å². The number of hydrogen-bond donors (Lipinski definition) is 0. The van der Waals surface area contributed by atoms with Crippen LogP contribution in [-0.4, -0.2) is 14.8 Å². The van der Waals surface area contributed by atoms with Crippen LogP contribution in [0, 0.1) is 11.6 Å². The van der Waals surface area contributed by atoms with Crippen molar-refractivity contribution >= 4 is 11.6 Å². The molecule has 0 bridgehead atoms. The van der Waals surface area contributed by atoms with Crippen LogP contribution in [0.2, 0.25) is 5.02 Å². The number of aryl methyl sites for hydroxylation is 1. The van der Waals surface area contributed by atoms with Gasteiger partial charge < -0.3 is 0 Å². The Balaban J connectivity index is 2.35. The average Bonchev–Trinajstić information content (AvgIpc) is 2.61. The zero-order valence-electron chi connectivity index (χ0n) is 8.41. The lowest BCUT2D eigenvalue weighted by Crippen LogP contribution is -2.02. The molecule has 6 heteroatoms. The summed E-state index contributed by atoms with van der Waals surface area (Å²) >= 11 is 5.81. The van der Waals surface area contributed by atoms with Gasteiger partial charge in [0.1, 0.15) is 12.2 Å². The van der Waals surface area contributed by atoms with Gasteiger partial charge >= 0.3 is 0 Å². The first-order valence-electron chi connectivity index (χ1n) is 4.54. The molecule has 0 spiro atoms. The van der Waals surface area contributed by atoms with Crippen molar-refractivity contribution in [2.45, 2.75) is 6.42 Å². The van der Waals surface area contributed by atoms with Crippen molar-refractivity contribution in [3.8, 4) is 0 Å². The van der Waals surface area contributed by atoms with E-state index in [4.69, 9.17) is 11.6 Å². The summed E-state index contributed by atoms with van der Waals surface area (Å²) in [5.74, 6) is -1.24. The van der Waals surface area contributed by atoms with E-state index in [2.05, 4.69) is 10.1 Å². The molecular weight excluding hydrogens is 236 g/mol. The summed E-state index contributed by atoms with van der Waals surface area (Å²) in [4.78, 5) is 3.98. The Labute approximate surface area is 95.7 Å². The fraction of sp³-hybridized carbons (Fsp3) is 0.200. The Morgan fingerprint density at radius 1 is 1.31 bits per heavy atom. The van der Waals surface area contributed by atoms with Crippen molar-refractivity contribution in [3.63, 3.8) is 0 Å². The molecule has 0 aliphatic rings. The number of aromatic nitrogens is 3. The largest absolute Gasteiger partial charge is 0.253 e. The van der Waals surface area contributed by atoms with Crippen LogP contribution >= 0.6 is 11.6 Å². The molecule has 1 heterocycles. The molecule has 0 N–H and O–H groups in total. The number of rotatable bonds is 2. The summed E-state index contributed by atoms with van der Waals surface area (Å²) in [6, 6.07) is 2.04. The van der Waals surface area contributed by atoms with Gasteiger partial charge in [-0.3, -0.25) is 4.68 Å². The number of benzene rings is 1. The fourth-order valence-corrected chi connectivity index (χ4v) is 1.57. The smallest absolute Gasteiger partial charge is 0.160 e. The highest BCUT2D eigenvalue weighted by Gasteiger charge is 2.11. The van der Waals surface area contributed by atoms with Crippen LogP contribution in [-0.2, 0) is 13.5 Å². The molecule has 16 heavy (non-hydrogen) atoms. The molecule has 0 atom stereocenters. The third-order valence-corrected chi connectivity index (χ3v) is 2.59. The second-order valence-electron chi connectivity index (χ2n) is 3.33. The summed E-state index contributed by atoms with van der Waals surface area (Å²) in [6.45, 7) is 0. The summed E-state index contributed by atoms with van der Waals surface area (Å²) in [7, 11) is 1.72. The van der Waals surface area contributed by atoms with E-state index < -0.39 is 11.6 Å². The van der Waals surface area contributed by atoms with Gasteiger partial charge in [-0.15, -0.1) is 0 Å². The van der Waals surface area contributed by atoms with E-state index in [1.807, 2.05) is 0 Å². The predicted molar refractivity (Wildman–Crippen MR) is 55.2 cm³/mol. The molecule has 1 aromatic carbocycles.